The summed E-state index contributed by atoms with van der Waals surface area (Å²) in [4.78, 5) is 11.8. The molecule has 7 heteroatoms. The topological polar surface area (TPSA) is 81.1 Å². The molecule has 0 aliphatic carbocycles. The summed E-state index contributed by atoms with van der Waals surface area (Å²) in [6, 6.07) is -0.143. The summed E-state index contributed by atoms with van der Waals surface area (Å²) in [6.07, 6.45) is 4.25. The highest BCUT2D eigenvalue weighted by Crippen LogP contribution is 2.09. The second-order valence-electron chi connectivity index (χ2n) is 4.01. The van der Waals surface area contributed by atoms with Crippen molar-refractivity contribution in [3.63, 3.8) is 0 Å². The predicted molar refractivity (Wildman–Crippen MR) is 60.2 cm³/mol. The number of carbonyl (C=O) groups excluding carboxylic acids is 1. The lowest BCUT2D eigenvalue weighted by Gasteiger charge is -2.11. The van der Waals surface area contributed by atoms with Gasteiger partial charge in [-0.05, 0) is 6.42 Å². The molecule has 0 aromatic carbocycles. The van der Waals surface area contributed by atoms with Crippen LogP contribution in [0.4, 0.5) is 0 Å². The molecule has 2 atom stereocenters. The second-order valence-corrected chi connectivity index (χ2v) is 4.01. The minimum Gasteiger partial charge on any atom is -0.380 e. The highest BCUT2D eigenvalue weighted by atomic mass is 16.5. The maximum Gasteiger partial charge on any atom is 0.237 e. The molecule has 1 aromatic heterocycles. The van der Waals surface area contributed by atoms with Crippen LogP contribution in [0.15, 0.2) is 12.4 Å². The number of amides is 1. The zero-order valence-corrected chi connectivity index (χ0v) is 9.80. The molecule has 0 radical (unpaired) electrons. The van der Waals surface area contributed by atoms with E-state index in [0.717, 1.165) is 13.0 Å². The zero-order chi connectivity index (χ0) is 12.1. The summed E-state index contributed by atoms with van der Waals surface area (Å²) < 4.78 is 6.87. The normalized spacial score (nSPS) is 23.8. The number of ether oxygens (including phenoxy) is 1. The van der Waals surface area contributed by atoms with Crippen LogP contribution in [0.1, 0.15) is 6.42 Å². The molecule has 7 nitrogen and oxygen atoms in total. The van der Waals surface area contributed by atoms with Crippen molar-refractivity contribution in [1.29, 1.82) is 0 Å². The van der Waals surface area contributed by atoms with Crippen molar-refractivity contribution in [3.05, 3.63) is 12.4 Å². The molecule has 1 aromatic rings. The van der Waals surface area contributed by atoms with E-state index in [4.69, 9.17) is 4.74 Å². The first-order valence-corrected chi connectivity index (χ1v) is 5.67. The number of carbonyl (C=O) groups is 1. The predicted octanol–water partition coefficient (Wildman–Crippen LogP) is -1.23. The van der Waals surface area contributed by atoms with Gasteiger partial charge in [-0.3, -0.25) is 9.48 Å². The van der Waals surface area contributed by atoms with Crippen molar-refractivity contribution in [2.45, 2.75) is 25.1 Å². The lowest BCUT2D eigenvalue weighted by Crippen LogP contribution is -2.41. The Bertz CT molecular complexity index is 354. The van der Waals surface area contributed by atoms with Crippen LogP contribution in [0, 0.1) is 0 Å². The molecule has 1 aliphatic heterocycles. The third-order valence-corrected chi connectivity index (χ3v) is 2.85. The number of hydrogen-bond acceptors (Lipinski definition) is 5. The molecule has 2 rings (SSSR count). The van der Waals surface area contributed by atoms with Crippen LogP contribution in [0.25, 0.3) is 0 Å². The maximum atomic E-state index is 11.8. The molecule has 0 spiro atoms. The SMILES string of the molecule is COC1CNC(C(=O)NCCn2ccnn2)C1. The highest BCUT2D eigenvalue weighted by molar-refractivity contribution is 5.82. The Morgan fingerprint density at radius 1 is 1.71 bits per heavy atom. The van der Waals surface area contributed by atoms with Crippen LogP contribution < -0.4 is 10.6 Å². The smallest absolute Gasteiger partial charge is 0.237 e. The fraction of sp³-hybridized carbons (Fsp3) is 0.700. The number of nitrogens with one attached hydrogen (secondary N) is 2. The zero-order valence-electron chi connectivity index (χ0n) is 9.80. The Hall–Kier alpha value is -1.47. The molecule has 0 bridgehead atoms. The molecule has 2 unspecified atom stereocenters. The highest BCUT2D eigenvalue weighted by Gasteiger charge is 2.28. The Labute approximate surface area is 99.5 Å². The van der Waals surface area contributed by atoms with Gasteiger partial charge in [-0.25, -0.2) is 0 Å². The van der Waals surface area contributed by atoms with Gasteiger partial charge in [0.25, 0.3) is 0 Å². The van der Waals surface area contributed by atoms with Gasteiger partial charge in [0.15, 0.2) is 0 Å². The number of rotatable bonds is 5. The van der Waals surface area contributed by atoms with Crippen molar-refractivity contribution >= 4 is 5.91 Å². The average Bonchev–Trinajstić information content (AvgIpc) is 2.99. The van der Waals surface area contributed by atoms with E-state index in [1.807, 2.05) is 0 Å². The first-order valence-electron chi connectivity index (χ1n) is 5.67. The molecular weight excluding hydrogens is 222 g/mol. The van der Waals surface area contributed by atoms with E-state index in [0.29, 0.717) is 13.1 Å². The van der Waals surface area contributed by atoms with Gasteiger partial charge in [0.2, 0.25) is 5.91 Å². The Balaban J connectivity index is 1.67. The maximum absolute atomic E-state index is 11.8. The minimum absolute atomic E-state index is 0.0182. The Morgan fingerprint density at radius 3 is 3.24 bits per heavy atom. The average molecular weight is 239 g/mol. The first kappa shape index (κ1) is 12.0. The van der Waals surface area contributed by atoms with E-state index in [9.17, 15) is 4.79 Å². The number of hydrogen-bond donors (Lipinski definition) is 2. The summed E-state index contributed by atoms with van der Waals surface area (Å²) >= 11 is 0. The van der Waals surface area contributed by atoms with Crippen LogP contribution >= 0.6 is 0 Å². The number of aromatic nitrogens is 3. The Kier molecular flexibility index (Phi) is 4.05. The summed E-state index contributed by atoms with van der Waals surface area (Å²) in [6.45, 7) is 1.92. The van der Waals surface area contributed by atoms with Crippen LogP contribution in [-0.2, 0) is 16.1 Å². The number of methoxy groups -OCH3 is 1. The summed E-state index contributed by atoms with van der Waals surface area (Å²) in [5.41, 5.74) is 0. The quantitative estimate of drug-likeness (QED) is 0.672. The fourth-order valence-corrected chi connectivity index (χ4v) is 1.85. The Morgan fingerprint density at radius 2 is 2.59 bits per heavy atom. The van der Waals surface area contributed by atoms with Crippen LogP contribution in [-0.4, -0.2) is 53.2 Å². The molecule has 2 heterocycles. The van der Waals surface area contributed by atoms with Crippen molar-refractivity contribution in [1.82, 2.24) is 25.6 Å². The summed E-state index contributed by atoms with van der Waals surface area (Å²) in [5, 5.41) is 13.5. The first-order chi connectivity index (χ1) is 8.29. The van der Waals surface area contributed by atoms with Gasteiger partial charge in [0, 0.05) is 26.4 Å². The van der Waals surface area contributed by atoms with Crippen LogP contribution in [0.2, 0.25) is 0 Å². The third-order valence-electron chi connectivity index (χ3n) is 2.85. The molecule has 1 fully saturated rings. The van der Waals surface area contributed by atoms with E-state index < -0.39 is 0 Å². The molecule has 2 N–H and O–H groups in total. The van der Waals surface area contributed by atoms with E-state index in [2.05, 4.69) is 20.9 Å². The van der Waals surface area contributed by atoms with Gasteiger partial charge in [0.1, 0.15) is 0 Å². The van der Waals surface area contributed by atoms with Crippen LogP contribution in [0.3, 0.4) is 0 Å². The van der Waals surface area contributed by atoms with E-state index >= 15 is 0 Å². The second kappa shape index (κ2) is 5.74. The third kappa shape index (κ3) is 3.24. The molecule has 1 saturated heterocycles. The molecule has 17 heavy (non-hydrogen) atoms. The van der Waals surface area contributed by atoms with Gasteiger partial charge < -0.3 is 15.4 Å². The van der Waals surface area contributed by atoms with Crippen molar-refractivity contribution in [2.24, 2.45) is 0 Å². The van der Waals surface area contributed by atoms with Gasteiger partial charge in [-0.1, -0.05) is 5.21 Å². The van der Waals surface area contributed by atoms with E-state index in [1.165, 1.54) is 0 Å². The molecule has 1 aliphatic rings. The van der Waals surface area contributed by atoms with Crippen molar-refractivity contribution < 1.29 is 9.53 Å². The van der Waals surface area contributed by atoms with Gasteiger partial charge in [-0.15, -0.1) is 5.10 Å². The van der Waals surface area contributed by atoms with Gasteiger partial charge >= 0.3 is 0 Å². The largest absolute Gasteiger partial charge is 0.380 e. The minimum atomic E-state index is -0.143. The molecular formula is C10H17N5O2. The lowest BCUT2D eigenvalue weighted by molar-refractivity contribution is -0.123. The molecule has 94 valence electrons. The monoisotopic (exact) mass is 239 g/mol. The van der Waals surface area contributed by atoms with E-state index in [1.54, 1.807) is 24.2 Å². The summed E-state index contributed by atoms with van der Waals surface area (Å²) in [5.74, 6) is 0.0182. The number of nitrogens with zero attached hydrogens (tertiary/aromatic N) is 3. The van der Waals surface area contributed by atoms with Crippen molar-refractivity contribution in [2.75, 3.05) is 20.2 Å². The van der Waals surface area contributed by atoms with E-state index in [-0.39, 0.29) is 18.1 Å². The van der Waals surface area contributed by atoms with Crippen molar-refractivity contribution in [3.8, 4) is 0 Å². The standard InChI is InChI=1S/C10H17N5O2/c1-17-8-6-9(12-7-8)10(16)11-2-4-15-5-3-13-14-15/h3,5,8-9,12H,2,4,6-7H2,1H3,(H,11,16). The van der Waals surface area contributed by atoms with Crippen LogP contribution in [0.5, 0.6) is 0 Å². The molecule has 1 amide bonds. The fourth-order valence-electron chi connectivity index (χ4n) is 1.85. The van der Waals surface area contributed by atoms with Gasteiger partial charge in [-0.2, -0.15) is 0 Å². The lowest BCUT2D eigenvalue weighted by atomic mass is 10.2. The molecule has 0 saturated carbocycles. The summed E-state index contributed by atoms with van der Waals surface area (Å²) in [7, 11) is 1.66. The van der Waals surface area contributed by atoms with Gasteiger partial charge in [0.05, 0.1) is 24.9 Å².